The van der Waals surface area contributed by atoms with Gasteiger partial charge in [0, 0.05) is 20.1 Å². The molecule has 114 valence electrons. The minimum Gasteiger partial charge on any atom is -0.371 e. The van der Waals surface area contributed by atoms with Crippen LogP contribution in [0.25, 0.3) is 0 Å². The number of amides is 1. The van der Waals surface area contributed by atoms with Gasteiger partial charge in [-0.25, -0.2) is 13.1 Å². The summed E-state index contributed by atoms with van der Waals surface area (Å²) in [5.74, 6) is 0.430. The second-order valence-electron chi connectivity index (χ2n) is 6.20. The zero-order valence-electron chi connectivity index (χ0n) is 11.8. The van der Waals surface area contributed by atoms with E-state index < -0.39 is 10.0 Å². The van der Waals surface area contributed by atoms with E-state index in [-0.39, 0.29) is 16.8 Å². The number of sulfonamides is 1. The lowest BCUT2D eigenvalue weighted by Crippen LogP contribution is -2.65. The lowest BCUT2D eigenvalue weighted by molar-refractivity contribution is -0.163. The number of nitrogens with zero attached hydrogens (tertiary/aromatic N) is 1. The molecule has 1 atom stereocenters. The first-order chi connectivity index (χ1) is 9.43. The Morgan fingerprint density at radius 1 is 1.35 bits per heavy atom. The molecule has 6 nitrogen and oxygen atoms in total. The van der Waals surface area contributed by atoms with Crippen molar-refractivity contribution < 1.29 is 17.9 Å². The topological polar surface area (TPSA) is 75.7 Å². The molecule has 2 heterocycles. The van der Waals surface area contributed by atoms with E-state index >= 15 is 0 Å². The Morgan fingerprint density at radius 3 is 2.65 bits per heavy atom. The first-order valence-electron chi connectivity index (χ1n) is 7.31. The summed E-state index contributed by atoms with van der Waals surface area (Å²) in [4.78, 5) is 13.1. The zero-order chi connectivity index (χ0) is 14.4. The maximum absolute atomic E-state index is 11.8. The normalized spacial score (nSPS) is 28.6. The molecule has 1 saturated carbocycles. The van der Waals surface area contributed by atoms with Crippen molar-refractivity contribution in [2.45, 2.75) is 43.5 Å². The summed E-state index contributed by atoms with van der Waals surface area (Å²) in [5.41, 5.74) is -0.212. The van der Waals surface area contributed by atoms with Crippen molar-refractivity contribution in [3.05, 3.63) is 0 Å². The molecule has 1 spiro atoms. The van der Waals surface area contributed by atoms with E-state index in [1.54, 1.807) is 11.8 Å². The summed E-state index contributed by atoms with van der Waals surface area (Å²) < 4.78 is 32.1. The minimum atomic E-state index is -3.08. The Kier molecular flexibility index (Phi) is 3.54. The summed E-state index contributed by atoms with van der Waals surface area (Å²) in [7, 11) is -3.08. The Bertz CT molecular complexity index is 495. The fraction of sp³-hybridized carbons (Fsp3) is 0.923. The molecule has 1 unspecified atom stereocenters. The number of rotatable bonds is 5. The molecule has 0 radical (unpaired) electrons. The monoisotopic (exact) mass is 302 g/mol. The number of likely N-dealkylation sites (tertiary alicyclic amines) is 1. The Morgan fingerprint density at radius 2 is 2.05 bits per heavy atom. The van der Waals surface area contributed by atoms with Crippen LogP contribution in [-0.4, -0.2) is 56.3 Å². The van der Waals surface area contributed by atoms with Gasteiger partial charge in [-0.15, -0.1) is 0 Å². The number of carbonyl (C=O) groups excluding carboxylic acids is 1. The molecule has 2 aliphatic heterocycles. The molecular weight excluding hydrogens is 280 g/mol. The third-order valence-corrected chi connectivity index (χ3v) is 6.68. The standard InChI is InChI=1S/C13H22N2O4S/c1-10(16)15-8-13(9-15)11(5-7-19-13)4-6-14-20(17,18)12-2-3-12/h11-12,14H,2-9H2,1H3. The van der Waals surface area contributed by atoms with Crippen LogP contribution in [0.1, 0.15) is 32.6 Å². The van der Waals surface area contributed by atoms with Gasteiger partial charge in [0.15, 0.2) is 0 Å². The van der Waals surface area contributed by atoms with Crippen molar-refractivity contribution in [2.24, 2.45) is 5.92 Å². The highest BCUT2D eigenvalue weighted by molar-refractivity contribution is 7.90. The fourth-order valence-electron chi connectivity index (χ4n) is 3.24. The molecule has 1 N–H and O–H groups in total. The number of hydrogen-bond donors (Lipinski definition) is 1. The molecule has 0 aromatic carbocycles. The third-order valence-electron chi connectivity index (χ3n) is 4.72. The number of carbonyl (C=O) groups is 1. The van der Waals surface area contributed by atoms with Gasteiger partial charge < -0.3 is 9.64 Å². The first-order valence-corrected chi connectivity index (χ1v) is 8.85. The molecule has 3 rings (SSSR count). The van der Waals surface area contributed by atoms with Crippen LogP contribution in [0.5, 0.6) is 0 Å². The number of nitrogens with one attached hydrogen (secondary N) is 1. The van der Waals surface area contributed by atoms with Crippen molar-refractivity contribution in [1.29, 1.82) is 0 Å². The van der Waals surface area contributed by atoms with Gasteiger partial charge in [-0.05, 0) is 31.6 Å². The van der Waals surface area contributed by atoms with Crippen LogP contribution in [-0.2, 0) is 19.6 Å². The van der Waals surface area contributed by atoms with Gasteiger partial charge in [-0.3, -0.25) is 4.79 Å². The Hall–Kier alpha value is -0.660. The predicted octanol–water partition coefficient (Wildman–Crippen LogP) is 0.0957. The van der Waals surface area contributed by atoms with Gasteiger partial charge >= 0.3 is 0 Å². The zero-order valence-corrected chi connectivity index (χ0v) is 12.6. The van der Waals surface area contributed by atoms with Crippen molar-refractivity contribution in [3.63, 3.8) is 0 Å². The van der Waals surface area contributed by atoms with Crippen molar-refractivity contribution >= 4 is 15.9 Å². The predicted molar refractivity (Wildman–Crippen MR) is 73.6 cm³/mol. The Labute approximate surface area is 119 Å². The van der Waals surface area contributed by atoms with E-state index in [4.69, 9.17) is 4.74 Å². The van der Waals surface area contributed by atoms with Crippen LogP contribution in [0.2, 0.25) is 0 Å². The van der Waals surface area contributed by atoms with Crippen LogP contribution in [0.4, 0.5) is 0 Å². The summed E-state index contributed by atoms with van der Waals surface area (Å²) in [6, 6.07) is 0. The van der Waals surface area contributed by atoms with Crippen molar-refractivity contribution in [2.75, 3.05) is 26.2 Å². The number of ether oxygens (including phenoxy) is 1. The van der Waals surface area contributed by atoms with Gasteiger partial charge in [0.2, 0.25) is 15.9 Å². The van der Waals surface area contributed by atoms with Crippen molar-refractivity contribution in [1.82, 2.24) is 9.62 Å². The van der Waals surface area contributed by atoms with Gasteiger partial charge in [0.1, 0.15) is 5.60 Å². The van der Waals surface area contributed by atoms with Crippen LogP contribution in [0, 0.1) is 5.92 Å². The summed E-state index contributed by atoms with van der Waals surface area (Å²) >= 11 is 0. The van der Waals surface area contributed by atoms with E-state index in [1.807, 2.05) is 0 Å². The van der Waals surface area contributed by atoms with E-state index in [1.165, 1.54) is 0 Å². The molecular formula is C13H22N2O4S. The summed E-state index contributed by atoms with van der Waals surface area (Å²) in [6.45, 7) is 4.08. The van der Waals surface area contributed by atoms with Gasteiger partial charge in [0.05, 0.1) is 18.3 Å². The molecule has 0 aromatic rings. The fourth-order valence-corrected chi connectivity index (χ4v) is 4.63. The molecule has 3 fully saturated rings. The molecule has 7 heteroatoms. The first kappa shape index (κ1) is 14.3. The molecule has 2 saturated heterocycles. The van der Waals surface area contributed by atoms with Crippen LogP contribution in [0.15, 0.2) is 0 Å². The summed E-state index contributed by atoms with van der Waals surface area (Å²) in [6.07, 6.45) is 3.33. The maximum Gasteiger partial charge on any atom is 0.219 e. The largest absolute Gasteiger partial charge is 0.371 e. The molecule has 1 amide bonds. The Balaban J connectivity index is 1.49. The molecule has 20 heavy (non-hydrogen) atoms. The van der Waals surface area contributed by atoms with Gasteiger partial charge in [-0.2, -0.15) is 0 Å². The average Bonchev–Trinajstić information content (AvgIpc) is 3.09. The smallest absolute Gasteiger partial charge is 0.219 e. The molecule has 0 aromatic heterocycles. The highest BCUT2D eigenvalue weighted by Crippen LogP contribution is 2.41. The summed E-state index contributed by atoms with van der Waals surface area (Å²) in [5, 5.41) is -0.159. The van der Waals surface area contributed by atoms with E-state index in [0.717, 1.165) is 25.7 Å². The molecule has 1 aliphatic carbocycles. The number of hydrogen-bond acceptors (Lipinski definition) is 4. The van der Waals surface area contributed by atoms with E-state index in [9.17, 15) is 13.2 Å². The lowest BCUT2D eigenvalue weighted by Gasteiger charge is -2.50. The van der Waals surface area contributed by atoms with E-state index in [0.29, 0.717) is 32.2 Å². The van der Waals surface area contributed by atoms with Crippen LogP contribution < -0.4 is 4.72 Å². The minimum absolute atomic E-state index is 0.0827. The average molecular weight is 302 g/mol. The van der Waals surface area contributed by atoms with Gasteiger partial charge in [0.25, 0.3) is 0 Å². The highest BCUT2D eigenvalue weighted by atomic mass is 32.2. The van der Waals surface area contributed by atoms with E-state index in [2.05, 4.69) is 4.72 Å². The van der Waals surface area contributed by atoms with Gasteiger partial charge in [-0.1, -0.05) is 0 Å². The quantitative estimate of drug-likeness (QED) is 0.781. The third kappa shape index (κ3) is 2.58. The molecule has 0 bridgehead atoms. The molecule has 3 aliphatic rings. The second-order valence-corrected chi connectivity index (χ2v) is 8.25. The van der Waals surface area contributed by atoms with Crippen LogP contribution >= 0.6 is 0 Å². The highest BCUT2D eigenvalue weighted by Gasteiger charge is 2.53. The SMILES string of the molecule is CC(=O)N1CC2(C1)OCCC2CCNS(=O)(=O)C1CC1. The second kappa shape index (κ2) is 4.96. The van der Waals surface area contributed by atoms with Crippen LogP contribution in [0.3, 0.4) is 0 Å². The van der Waals surface area contributed by atoms with Crippen molar-refractivity contribution in [3.8, 4) is 0 Å². The lowest BCUT2D eigenvalue weighted by atomic mass is 9.79. The maximum atomic E-state index is 11.8.